The molecule has 0 aromatic heterocycles. The number of aromatic hydroxyl groups is 1. The van der Waals surface area contributed by atoms with E-state index < -0.39 is 17.9 Å². The minimum atomic E-state index is -1.12. The monoisotopic (exact) mass is 253 g/mol. The van der Waals surface area contributed by atoms with Crippen molar-refractivity contribution in [2.45, 2.75) is 19.4 Å². The van der Waals surface area contributed by atoms with Gasteiger partial charge < -0.3 is 20.3 Å². The molecule has 1 aromatic carbocycles. The molecular formula is C12H15NO5. The van der Waals surface area contributed by atoms with Gasteiger partial charge >= 0.3 is 5.97 Å². The van der Waals surface area contributed by atoms with E-state index in [-0.39, 0.29) is 12.2 Å². The van der Waals surface area contributed by atoms with Gasteiger partial charge in [0.15, 0.2) is 11.5 Å². The molecule has 0 fully saturated rings. The van der Waals surface area contributed by atoms with Gasteiger partial charge in [-0.25, -0.2) is 4.79 Å². The lowest BCUT2D eigenvalue weighted by atomic mass is 10.1. The molecule has 0 aliphatic rings. The van der Waals surface area contributed by atoms with Crippen LogP contribution in [0.25, 0.3) is 0 Å². The summed E-state index contributed by atoms with van der Waals surface area (Å²) in [5.41, 5.74) is 0.592. The summed E-state index contributed by atoms with van der Waals surface area (Å²) in [7, 11) is 1.42. The second kappa shape index (κ2) is 5.90. The van der Waals surface area contributed by atoms with Gasteiger partial charge in [-0.05, 0) is 17.7 Å². The van der Waals surface area contributed by atoms with Crippen molar-refractivity contribution in [3.8, 4) is 11.5 Å². The van der Waals surface area contributed by atoms with Crippen LogP contribution in [0.4, 0.5) is 0 Å². The third kappa shape index (κ3) is 3.65. The minimum absolute atomic E-state index is 0.0676. The van der Waals surface area contributed by atoms with Crippen LogP contribution in [0.15, 0.2) is 18.2 Å². The van der Waals surface area contributed by atoms with Crippen molar-refractivity contribution in [3.05, 3.63) is 23.8 Å². The Labute approximate surface area is 104 Å². The fourth-order valence-corrected chi connectivity index (χ4v) is 1.54. The molecule has 1 aromatic rings. The van der Waals surface area contributed by atoms with Crippen LogP contribution in [0.3, 0.4) is 0 Å². The number of ether oxygens (including phenoxy) is 1. The fraction of sp³-hybridized carbons (Fsp3) is 0.333. The number of rotatable bonds is 5. The number of carboxylic acids is 1. The van der Waals surface area contributed by atoms with Crippen molar-refractivity contribution in [1.29, 1.82) is 0 Å². The molecule has 0 aliphatic carbocycles. The number of carbonyl (C=O) groups excluding carboxylic acids is 1. The topological polar surface area (TPSA) is 95.9 Å². The van der Waals surface area contributed by atoms with Crippen molar-refractivity contribution in [2.75, 3.05) is 7.11 Å². The number of phenols is 1. The molecule has 0 radical (unpaired) electrons. The predicted octanol–water partition coefficient (Wildman–Crippen LogP) is 0.533. The Morgan fingerprint density at radius 1 is 1.44 bits per heavy atom. The van der Waals surface area contributed by atoms with Crippen LogP contribution in [0.2, 0.25) is 0 Å². The number of methoxy groups -OCH3 is 1. The second-order valence-electron chi connectivity index (χ2n) is 3.80. The van der Waals surface area contributed by atoms with Crippen molar-refractivity contribution in [1.82, 2.24) is 5.32 Å². The van der Waals surface area contributed by atoms with E-state index in [4.69, 9.17) is 9.84 Å². The average Bonchev–Trinajstić information content (AvgIpc) is 2.27. The standard InChI is InChI=1S/C12H15NO5/c1-7(14)13-9(12(16)17)5-8-3-4-11(18-2)10(15)6-8/h3-4,6,9,15H,5H2,1-2H3,(H,13,14)(H,16,17). The summed E-state index contributed by atoms with van der Waals surface area (Å²) in [4.78, 5) is 21.8. The lowest BCUT2D eigenvalue weighted by molar-refractivity contribution is -0.141. The van der Waals surface area contributed by atoms with E-state index in [9.17, 15) is 14.7 Å². The van der Waals surface area contributed by atoms with E-state index in [0.717, 1.165) is 0 Å². The quantitative estimate of drug-likeness (QED) is 0.711. The van der Waals surface area contributed by atoms with E-state index in [1.807, 2.05) is 0 Å². The summed E-state index contributed by atoms with van der Waals surface area (Å²) < 4.78 is 4.88. The van der Waals surface area contributed by atoms with Gasteiger partial charge in [-0.3, -0.25) is 4.79 Å². The first-order valence-electron chi connectivity index (χ1n) is 5.30. The molecule has 1 atom stereocenters. The molecule has 1 unspecified atom stereocenters. The molecule has 0 heterocycles. The molecular weight excluding hydrogens is 238 g/mol. The van der Waals surface area contributed by atoms with Crippen molar-refractivity contribution < 1.29 is 24.5 Å². The zero-order valence-corrected chi connectivity index (χ0v) is 10.1. The van der Waals surface area contributed by atoms with E-state index in [1.165, 1.54) is 26.2 Å². The largest absolute Gasteiger partial charge is 0.504 e. The first-order valence-corrected chi connectivity index (χ1v) is 5.30. The van der Waals surface area contributed by atoms with E-state index in [2.05, 4.69) is 5.32 Å². The number of amides is 1. The number of phenolic OH excluding ortho intramolecular Hbond substituents is 1. The zero-order chi connectivity index (χ0) is 13.7. The summed E-state index contributed by atoms with van der Waals surface area (Å²) in [5, 5.41) is 20.8. The zero-order valence-electron chi connectivity index (χ0n) is 10.1. The lowest BCUT2D eigenvalue weighted by Crippen LogP contribution is -2.41. The Hall–Kier alpha value is -2.24. The van der Waals surface area contributed by atoms with Crippen molar-refractivity contribution >= 4 is 11.9 Å². The van der Waals surface area contributed by atoms with Crippen LogP contribution in [-0.2, 0) is 16.0 Å². The Kier molecular flexibility index (Phi) is 4.53. The molecule has 0 saturated carbocycles. The van der Waals surface area contributed by atoms with E-state index in [0.29, 0.717) is 11.3 Å². The Balaban J connectivity index is 2.84. The summed E-state index contributed by atoms with van der Waals surface area (Å²) >= 11 is 0. The highest BCUT2D eigenvalue weighted by Gasteiger charge is 2.19. The van der Waals surface area contributed by atoms with Gasteiger partial charge in [0.2, 0.25) is 5.91 Å². The summed E-state index contributed by atoms with van der Waals surface area (Å²) in [6.07, 6.45) is 0.0897. The van der Waals surface area contributed by atoms with Gasteiger partial charge in [0.05, 0.1) is 7.11 Å². The predicted molar refractivity (Wildman–Crippen MR) is 63.6 cm³/mol. The van der Waals surface area contributed by atoms with Gasteiger partial charge in [0.25, 0.3) is 0 Å². The average molecular weight is 253 g/mol. The Morgan fingerprint density at radius 3 is 2.56 bits per heavy atom. The highest BCUT2D eigenvalue weighted by atomic mass is 16.5. The van der Waals surface area contributed by atoms with Gasteiger partial charge in [-0.1, -0.05) is 6.07 Å². The molecule has 0 bridgehead atoms. The number of nitrogens with one attached hydrogen (secondary N) is 1. The van der Waals surface area contributed by atoms with Crippen LogP contribution >= 0.6 is 0 Å². The number of aliphatic carboxylic acids is 1. The van der Waals surface area contributed by atoms with E-state index in [1.54, 1.807) is 6.07 Å². The first kappa shape index (κ1) is 13.8. The SMILES string of the molecule is COc1ccc(CC(NC(C)=O)C(=O)O)cc1O. The van der Waals surface area contributed by atoms with Crippen molar-refractivity contribution in [2.24, 2.45) is 0 Å². The fourth-order valence-electron chi connectivity index (χ4n) is 1.54. The molecule has 0 spiro atoms. The van der Waals surface area contributed by atoms with Gasteiger partial charge in [-0.15, -0.1) is 0 Å². The maximum atomic E-state index is 10.9. The summed E-state index contributed by atoms with van der Waals surface area (Å²) in [5.74, 6) is -1.30. The molecule has 0 aliphatic heterocycles. The van der Waals surface area contributed by atoms with Crippen LogP contribution in [0.5, 0.6) is 11.5 Å². The van der Waals surface area contributed by atoms with Crippen LogP contribution < -0.4 is 10.1 Å². The molecule has 6 nitrogen and oxygen atoms in total. The number of hydrogen-bond acceptors (Lipinski definition) is 4. The summed E-state index contributed by atoms with van der Waals surface area (Å²) in [6, 6.07) is 3.57. The van der Waals surface area contributed by atoms with Gasteiger partial charge in [-0.2, -0.15) is 0 Å². The molecule has 3 N–H and O–H groups in total. The lowest BCUT2D eigenvalue weighted by Gasteiger charge is -2.13. The molecule has 0 saturated heterocycles. The van der Waals surface area contributed by atoms with Crippen molar-refractivity contribution in [3.63, 3.8) is 0 Å². The normalized spacial score (nSPS) is 11.7. The van der Waals surface area contributed by atoms with Gasteiger partial charge in [0, 0.05) is 13.3 Å². The van der Waals surface area contributed by atoms with Gasteiger partial charge in [0.1, 0.15) is 6.04 Å². The molecule has 1 amide bonds. The number of benzene rings is 1. The highest BCUT2D eigenvalue weighted by molar-refractivity contribution is 5.82. The van der Waals surface area contributed by atoms with Crippen LogP contribution in [0, 0.1) is 0 Å². The minimum Gasteiger partial charge on any atom is -0.504 e. The number of hydrogen-bond donors (Lipinski definition) is 3. The van der Waals surface area contributed by atoms with E-state index >= 15 is 0 Å². The van der Waals surface area contributed by atoms with Crippen LogP contribution in [0.1, 0.15) is 12.5 Å². The maximum Gasteiger partial charge on any atom is 0.326 e. The Bertz CT molecular complexity index is 458. The number of carbonyl (C=O) groups is 2. The molecule has 18 heavy (non-hydrogen) atoms. The molecule has 6 heteroatoms. The summed E-state index contributed by atoms with van der Waals surface area (Å²) in [6.45, 7) is 1.25. The second-order valence-corrected chi connectivity index (χ2v) is 3.80. The highest BCUT2D eigenvalue weighted by Crippen LogP contribution is 2.26. The maximum absolute atomic E-state index is 10.9. The smallest absolute Gasteiger partial charge is 0.326 e. The molecule has 1 rings (SSSR count). The Morgan fingerprint density at radius 2 is 2.11 bits per heavy atom. The number of carboxylic acid groups (broad SMARTS) is 1. The third-order valence-corrected chi connectivity index (χ3v) is 2.36. The van der Waals surface area contributed by atoms with Crippen LogP contribution in [-0.4, -0.2) is 35.2 Å². The third-order valence-electron chi connectivity index (χ3n) is 2.36. The molecule has 98 valence electrons. The first-order chi connectivity index (χ1) is 8.43.